The first kappa shape index (κ1) is 11.0. The van der Waals surface area contributed by atoms with Gasteiger partial charge in [0, 0.05) is 5.56 Å². The number of hydrogen-bond donors (Lipinski definition) is 2. The van der Waals surface area contributed by atoms with Crippen molar-refractivity contribution in [2.24, 2.45) is 0 Å². The molecule has 1 saturated heterocycles. The van der Waals surface area contributed by atoms with E-state index in [-0.39, 0.29) is 0 Å². The van der Waals surface area contributed by atoms with Crippen LogP contribution in [0.1, 0.15) is 18.4 Å². The Hall–Kier alpha value is -1.55. The fourth-order valence-corrected chi connectivity index (χ4v) is 2.27. The molecule has 4 heteroatoms. The van der Waals surface area contributed by atoms with E-state index >= 15 is 0 Å². The number of nitrogens with one attached hydrogen (secondary N) is 1. The second-order valence-electron chi connectivity index (χ2n) is 3.94. The van der Waals surface area contributed by atoms with Crippen molar-refractivity contribution < 1.29 is 14.6 Å². The number of para-hydroxylation sites is 1. The van der Waals surface area contributed by atoms with Gasteiger partial charge in [0.25, 0.3) is 0 Å². The lowest BCUT2D eigenvalue weighted by Gasteiger charge is -2.26. The van der Waals surface area contributed by atoms with Gasteiger partial charge in [-0.3, -0.25) is 5.32 Å². The van der Waals surface area contributed by atoms with E-state index < -0.39 is 11.5 Å². The van der Waals surface area contributed by atoms with Crippen molar-refractivity contribution in [3.05, 3.63) is 29.8 Å². The molecule has 0 radical (unpaired) electrons. The van der Waals surface area contributed by atoms with Gasteiger partial charge in [0.05, 0.1) is 7.11 Å². The first-order chi connectivity index (χ1) is 7.70. The number of benzene rings is 1. The first-order valence-electron chi connectivity index (χ1n) is 5.32. The minimum absolute atomic E-state index is 0.600. The van der Waals surface area contributed by atoms with Crippen LogP contribution in [0.5, 0.6) is 5.75 Å². The highest BCUT2D eigenvalue weighted by atomic mass is 16.5. The molecule has 0 amide bonds. The molecule has 1 heterocycles. The standard InChI is InChI=1S/C12H15NO3/c1-16-10-6-3-2-5-9(10)12(11(14)15)7-4-8-13-12/h2-3,5-6,13H,4,7-8H2,1H3,(H,14,15). The Morgan fingerprint density at radius 2 is 2.25 bits per heavy atom. The van der Waals surface area contributed by atoms with Crippen molar-refractivity contribution >= 4 is 5.97 Å². The summed E-state index contributed by atoms with van der Waals surface area (Å²) in [5, 5.41) is 12.5. The molecule has 1 aliphatic rings. The summed E-state index contributed by atoms with van der Waals surface area (Å²) in [5.74, 6) is -0.214. The van der Waals surface area contributed by atoms with Gasteiger partial charge in [-0.1, -0.05) is 18.2 Å². The van der Waals surface area contributed by atoms with E-state index in [1.54, 1.807) is 13.2 Å². The Morgan fingerprint density at radius 1 is 1.50 bits per heavy atom. The zero-order valence-corrected chi connectivity index (χ0v) is 9.19. The fourth-order valence-electron chi connectivity index (χ4n) is 2.27. The molecule has 0 spiro atoms. The van der Waals surface area contributed by atoms with Gasteiger partial charge in [-0.05, 0) is 25.5 Å². The molecule has 86 valence electrons. The number of aliphatic carboxylic acids is 1. The number of methoxy groups -OCH3 is 1. The van der Waals surface area contributed by atoms with Gasteiger partial charge < -0.3 is 9.84 Å². The van der Waals surface area contributed by atoms with Crippen LogP contribution in [-0.2, 0) is 10.3 Å². The Morgan fingerprint density at radius 3 is 2.81 bits per heavy atom. The second-order valence-corrected chi connectivity index (χ2v) is 3.94. The lowest BCUT2D eigenvalue weighted by Crippen LogP contribution is -2.44. The molecule has 0 aliphatic carbocycles. The van der Waals surface area contributed by atoms with E-state index in [1.807, 2.05) is 18.2 Å². The van der Waals surface area contributed by atoms with Crippen molar-refractivity contribution in [2.75, 3.05) is 13.7 Å². The summed E-state index contributed by atoms with van der Waals surface area (Å²) >= 11 is 0. The minimum Gasteiger partial charge on any atom is -0.496 e. The quantitative estimate of drug-likeness (QED) is 0.809. The predicted molar refractivity (Wildman–Crippen MR) is 59.5 cm³/mol. The normalized spacial score (nSPS) is 24.3. The monoisotopic (exact) mass is 221 g/mol. The Balaban J connectivity index is 2.51. The summed E-state index contributed by atoms with van der Waals surface area (Å²) in [6.07, 6.45) is 1.47. The van der Waals surface area contributed by atoms with Crippen molar-refractivity contribution in [1.82, 2.24) is 5.32 Å². The zero-order chi connectivity index (χ0) is 11.6. The topological polar surface area (TPSA) is 58.6 Å². The molecule has 1 aromatic rings. The van der Waals surface area contributed by atoms with Crippen LogP contribution in [0, 0.1) is 0 Å². The van der Waals surface area contributed by atoms with Crippen LogP contribution in [0.2, 0.25) is 0 Å². The number of carboxylic acids is 1. The molecule has 2 N–H and O–H groups in total. The fraction of sp³-hybridized carbons (Fsp3) is 0.417. The van der Waals surface area contributed by atoms with Gasteiger partial charge in [0.1, 0.15) is 11.3 Å². The predicted octanol–water partition coefficient (Wildman–Crippen LogP) is 1.36. The van der Waals surface area contributed by atoms with E-state index in [0.29, 0.717) is 17.7 Å². The maximum Gasteiger partial charge on any atom is 0.328 e. The SMILES string of the molecule is COc1ccccc1C1(C(=O)O)CCCN1. The summed E-state index contributed by atoms with van der Waals surface area (Å²) in [6.45, 7) is 0.727. The van der Waals surface area contributed by atoms with Crippen molar-refractivity contribution in [3.8, 4) is 5.75 Å². The van der Waals surface area contributed by atoms with Crippen molar-refractivity contribution in [2.45, 2.75) is 18.4 Å². The third kappa shape index (κ3) is 1.55. The van der Waals surface area contributed by atoms with Crippen molar-refractivity contribution in [3.63, 3.8) is 0 Å². The van der Waals surface area contributed by atoms with Crippen LogP contribution in [0.25, 0.3) is 0 Å². The average molecular weight is 221 g/mol. The lowest BCUT2D eigenvalue weighted by molar-refractivity contribution is -0.144. The molecule has 0 aromatic heterocycles. The molecule has 1 atom stereocenters. The van der Waals surface area contributed by atoms with Crippen LogP contribution in [0.15, 0.2) is 24.3 Å². The Bertz CT molecular complexity index is 397. The summed E-state index contributed by atoms with van der Waals surface area (Å²) in [7, 11) is 1.56. The van der Waals surface area contributed by atoms with Crippen LogP contribution >= 0.6 is 0 Å². The molecular weight excluding hydrogens is 206 g/mol. The molecule has 0 bridgehead atoms. The number of carboxylic acid groups (broad SMARTS) is 1. The molecule has 1 aliphatic heterocycles. The smallest absolute Gasteiger partial charge is 0.328 e. The van der Waals surface area contributed by atoms with Gasteiger partial charge in [0.2, 0.25) is 0 Å². The molecule has 2 rings (SSSR count). The highest BCUT2D eigenvalue weighted by Crippen LogP contribution is 2.36. The number of carbonyl (C=O) groups is 1. The van der Waals surface area contributed by atoms with Gasteiger partial charge in [-0.15, -0.1) is 0 Å². The molecular formula is C12H15NO3. The first-order valence-corrected chi connectivity index (χ1v) is 5.32. The molecule has 1 fully saturated rings. The molecule has 1 aromatic carbocycles. The largest absolute Gasteiger partial charge is 0.496 e. The maximum absolute atomic E-state index is 11.5. The minimum atomic E-state index is -0.980. The molecule has 4 nitrogen and oxygen atoms in total. The Kier molecular flexibility index (Phi) is 2.83. The lowest BCUT2D eigenvalue weighted by atomic mass is 9.88. The van der Waals surface area contributed by atoms with Gasteiger partial charge in [0.15, 0.2) is 0 Å². The van der Waals surface area contributed by atoms with Crippen LogP contribution in [-0.4, -0.2) is 24.7 Å². The second kappa shape index (κ2) is 4.14. The van der Waals surface area contributed by atoms with Crippen LogP contribution in [0.4, 0.5) is 0 Å². The summed E-state index contributed by atoms with van der Waals surface area (Å²) < 4.78 is 5.23. The Labute approximate surface area is 94.2 Å². The molecule has 0 saturated carbocycles. The van der Waals surface area contributed by atoms with E-state index in [0.717, 1.165) is 13.0 Å². The van der Waals surface area contributed by atoms with E-state index in [9.17, 15) is 9.90 Å². The summed E-state index contributed by atoms with van der Waals surface area (Å²) in [5.41, 5.74) is -0.269. The number of hydrogen-bond acceptors (Lipinski definition) is 3. The number of rotatable bonds is 3. The molecule has 16 heavy (non-hydrogen) atoms. The van der Waals surface area contributed by atoms with Crippen LogP contribution < -0.4 is 10.1 Å². The van der Waals surface area contributed by atoms with Crippen LogP contribution in [0.3, 0.4) is 0 Å². The third-order valence-electron chi connectivity index (χ3n) is 3.09. The third-order valence-corrected chi connectivity index (χ3v) is 3.09. The highest BCUT2D eigenvalue weighted by molar-refractivity contribution is 5.82. The summed E-state index contributed by atoms with van der Waals surface area (Å²) in [6, 6.07) is 7.28. The van der Waals surface area contributed by atoms with E-state index in [1.165, 1.54) is 0 Å². The van der Waals surface area contributed by atoms with Gasteiger partial charge in [-0.2, -0.15) is 0 Å². The zero-order valence-electron chi connectivity index (χ0n) is 9.19. The maximum atomic E-state index is 11.5. The molecule has 1 unspecified atom stereocenters. The highest BCUT2D eigenvalue weighted by Gasteiger charge is 2.44. The average Bonchev–Trinajstić information content (AvgIpc) is 2.79. The van der Waals surface area contributed by atoms with Crippen molar-refractivity contribution in [1.29, 1.82) is 0 Å². The number of ether oxygens (including phenoxy) is 1. The van der Waals surface area contributed by atoms with E-state index in [4.69, 9.17) is 4.74 Å². The van der Waals surface area contributed by atoms with Gasteiger partial charge in [-0.25, -0.2) is 4.79 Å². The summed E-state index contributed by atoms with van der Waals surface area (Å²) in [4.78, 5) is 11.5. The van der Waals surface area contributed by atoms with Gasteiger partial charge >= 0.3 is 5.97 Å². The van der Waals surface area contributed by atoms with E-state index in [2.05, 4.69) is 5.32 Å².